The molecule has 4 aromatic carbocycles. The molecule has 200 valence electrons. The minimum atomic E-state index is -1.15. The van der Waals surface area contributed by atoms with Gasteiger partial charge in [0.15, 0.2) is 17.6 Å². The maximum atomic E-state index is 11.6. The fourth-order valence-electron chi connectivity index (χ4n) is 5.43. The van der Waals surface area contributed by atoms with Crippen molar-refractivity contribution in [3.05, 3.63) is 101 Å². The van der Waals surface area contributed by atoms with Gasteiger partial charge < -0.3 is 45.2 Å². The van der Waals surface area contributed by atoms with Crippen molar-refractivity contribution < 1.29 is 45.2 Å². The first-order valence-corrected chi connectivity index (χ1v) is 12.4. The molecule has 6 rings (SSSR count). The Morgan fingerprint density at radius 1 is 0.564 bits per heavy atom. The summed E-state index contributed by atoms with van der Waals surface area (Å²) in [4.78, 5) is 0. The molecule has 5 unspecified atom stereocenters. The number of hydrogen-bond acceptors (Lipinski definition) is 9. The molecule has 9 heteroatoms. The molecule has 0 saturated heterocycles. The van der Waals surface area contributed by atoms with E-state index in [0.717, 1.165) is 0 Å². The first kappa shape index (κ1) is 24.7. The van der Waals surface area contributed by atoms with E-state index in [0.29, 0.717) is 39.3 Å². The molecule has 0 fully saturated rings. The molecular formula is C30H26O9. The third kappa shape index (κ3) is 4.31. The Kier molecular flexibility index (Phi) is 5.90. The predicted octanol–water partition coefficient (Wildman–Crippen LogP) is 3.88. The molecule has 7 N–H and O–H groups in total. The number of aliphatic hydroxyl groups is 2. The third-order valence-corrected chi connectivity index (χ3v) is 7.36. The second-order valence-electron chi connectivity index (χ2n) is 9.90. The third-order valence-electron chi connectivity index (χ3n) is 7.36. The molecule has 5 atom stereocenters. The molecule has 0 amide bonds. The number of fused-ring (bicyclic) bond motifs is 2. The lowest BCUT2D eigenvalue weighted by Crippen LogP contribution is -2.35. The maximum absolute atomic E-state index is 11.6. The fourth-order valence-corrected chi connectivity index (χ4v) is 5.43. The van der Waals surface area contributed by atoms with Gasteiger partial charge in [0, 0.05) is 35.6 Å². The first-order valence-electron chi connectivity index (χ1n) is 12.4. The van der Waals surface area contributed by atoms with E-state index in [4.69, 9.17) is 9.47 Å². The van der Waals surface area contributed by atoms with E-state index in [1.807, 2.05) is 0 Å². The summed E-state index contributed by atoms with van der Waals surface area (Å²) in [7, 11) is 0. The Bertz CT molecular complexity index is 1550. The summed E-state index contributed by atoms with van der Waals surface area (Å²) in [6.07, 6.45) is -3.69. The van der Waals surface area contributed by atoms with Crippen LogP contribution in [0.25, 0.3) is 0 Å². The Morgan fingerprint density at radius 2 is 1.26 bits per heavy atom. The number of aromatic hydroxyl groups is 5. The molecule has 39 heavy (non-hydrogen) atoms. The molecular weight excluding hydrogens is 504 g/mol. The average molecular weight is 531 g/mol. The van der Waals surface area contributed by atoms with Gasteiger partial charge >= 0.3 is 0 Å². The standard InChI is InChI=1S/C30H26O9/c31-17-4-1-14(2-5-17)30-28(37)27(19-7-6-18(32)12-26(19)39-30)20-9-16-11-24(36)29(38-25(16)13-22(20)34)15-3-8-21(33)23(35)10-15/h1-10,12-13,24,27-37H,11H2. The molecule has 0 radical (unpaired) electrons. The van der Waals surface area contributed by atoms with E-state index in [2.05, 4.69) is 0 Å². The van der Waals surface area contributed by atoms with Gasteiger partial charge in [-0.05, 0) is 53.1 Å². The molecule has 4 aromatic rings. The largest absolute Gasteiger partial charge is 0.508 e. The normalized spacial score (nSPS) is 23.7. The van der Waals surface area contributed by atoms with Gasteiger partial charge in [-0.3, -0.25) is 0 Å². The Hall–Kier alpha value is -4.60. The van der Waals surface area contributed by atoms with Crippen LogP contribution in [0.4, 0.5) is 0 Å². The van der Waals surface area contributed by atoms with Crippen molar-refractivity contribution in [2.24, 2.45) is 0 Å². The molecule has 0 spiro atoms. The number of ether oxygens (including phenoxy) is 2. The van der Waals surface area contributed by atoms with Crippen molar-refractivity contribution in [3.63, 3.8) is 0 Å². The molecule has 0 aliphatic carbocycles. The number of benzene rings is 4. The topological polar surface area (TPSA) is 160 Å². The summed E-state index contributed by atoms with van der Waals surface area (Å²) < 4.78 is 12.1. The summed E-state index contributed by atoms with van der Waals surface area (Å²) in [6.45, 7) is 0. The Balaban J connectivity index is 1.40. The minimum absolute atomic E-state index is 0.0224. The SMILES string of the molecule is Oc1ccc(C2Oc3cc(O)ccc3C(c3cc4c(cc3O)OC(c3ccc(O)c(O)c3)C(O)C4)C2O)cc1. The smallest absolute Gasteiger partial charge is 0.157 e. The van der Waals surface area contributed by atoms with Gasteiger partial charge in [0.05, 0.1) is 6.10 Å². The van der Waals surface area contributed by atoms with Crippen LogP contribution in [-0.2, 0) is 6.42 Å². The fraction of sp³-hybridized carbons (Fsp3) is 0.200. The van der Waals surface area contributed by atoms with Crippen LogP contribution < -0.4 is 9.47 Å². The van der Waals surface area contributed by atoms with Gasteiger partial charge in [-0.25, -0.2) is 0 Å². The second-order valence-corrected chi connectivity index (χ2v) is 9.90. The lowest BCUT2D eigenvalue weighted by Gasteiger charge is -2.38. The van der Waals surface area contributed by atoms with Crippen LogP contribution >= 0.6 is 0 Å². The van der Waals surface area contributed by atoms with Crippen molar-refractivity contribution in [2.45, 2.75) is 36.8 Å². The average Bonchev–Trinajstić information content (AvgIpc) is 2.90. The highest BCUT2D eigenvalue weighted by atomic mass is 16.5. The summed E-state index contributed by atoms with van der Waals surface area (Å²) in [6, 6.07) is 18.1. The van der Waals surface area contributed by atoms with E-state index in [9.17, 15) is 35.7 Å². The van der Waals surface area contributed by atoms with Crippen molar-refractivity contribution in [1.29, 1.82) is 0 Å². The number of phenolic OH excluding ortho intramolecular Hbond substituents is 5. The van der Waals surface area contributed by atoms with Crippen molar-refractivity contribution in [3.8, 4) is 40.2 Å². The van der Waals surface area contributed by atoms with E-state index >= 15 is 0 Å². The van der Waals surface area contributed by atoms with Gasteiger partial charge in [0.2, 0.25) is 0 Å². The van der Waals surface area contributed by atoms with E-state index in [1.165, 1.54) is 48.5 Å². The van der Waals surface area contributed by atoms with Crippen LogP contribution in [0.3, 0.4) is 0 Å². The van der Waals surface area contributed by atoms with Crippen LogP contribution in [0, 0.1) is 0 Å². The zero-order valence-electron chi connectivity index (χ0n) is 20.5. The maximum Gasteiger partial charge on any atom is 0.157 e. The van der Waals surface area contributed by atoms with E-state index < -0.39 is 30.3 Å². The Labute approximate surface area is 223 Å². The quantitative estimate of drug-likeness (QED) is 0.195. The Morgan fingerprint density at radius 3 is 2.00 bits per heavy atom. The minimum Gasteiger partial charge on any atom is -0.508 e. The van der Waals surface area contributed by atoms with Crippen LogP contribution in [-0.4, -0.2) is 48.0 Å². The number of rotatable bonds is 3. The summed E-state index contributed by atoms with van der Waals surface area (Å²) in [5.41, 5.74) is 2.60. The lowest BCUT2D eigenvalue weighted by molar-refractivity contribution is 0.00739. The highest BCUT2D eigenvalue weighted by Crippen LogP contribution is 2.50. The second kappa shape index (κ2) is 9.30. The van der Waals surface area contributed by atoms with Crippen molar-refractivity contribution >= 4 is 0 Å². The number of phenols is 5. The van der Waals surface area contributed by atoms with Gasteiger partial charge in [-0.1, -0.05) is 24.3 Å². The monoisotopic (exact) mass is 530 g/mol. The number of hydrogen-bond donors (Lipinski definition) is 7. The van der Waals surface area contributed by atoms with Crippen LogP contribution in [0.2, 0.25) is 0 Å². The molecule has 2 aliphatic heterocycles. The van der Waals surface area contributed by atoms with Crippen LogP contribution in [0.1, 0.15) is 45.9 Å². The highest BCUT2D eigenvalue weighted by molar-refractivity contribution is 5.56. The molecule has 2 heterocycles. The summed E-state index contributed by atoms with van der Waals surface area (Å²) in [5.74, 6) is -0.828. The molecule has 9 nitrogen and oxygen atoms in total. The van der Waals surface area contributed by atoms with Gasteiger partial charge in [-0.15, -0.1) is 0 Å². The predicted molar refractivity (Wildman–Crippen MR) is 138 cm³/mol. The van der Waals surface area contributed by atoms with Gasteiger partial charge in [0.25, 0.3) is 0 Å². The van der Waals surface area contributed by atoms with E-state index in [-0.39, 0.29) is 35.2 Å². The van der Waals surface area contributed by atoms with Gasteiger partial charge in [0.1, 0.15) is 41.0 Å². The zero-order valence-corrected chi connectivity index (χ0v) is 20.5. The molecule has 0 aromatic heterocycles. The van der Waals surface area contributed by atoms with Crippen molar-refractivity contribution in [1.82, 2.24) is 0 Å². The van der Waals surface area contributed by atoms with E-state index in [1.54, 1.807) is 24.3 Å². The number of aliphatic hydroxyl groups excluding tert-OH is 2. The van der Waals surface area contributed by atoms with Gasteiger partial charge in [-0.2, -0.15) is 0 Å². The summed E-state index contributed by atoms with van der Waals surface area (Å²) in [5, 5.41) is 72.9. The molecule has 0 saturated carbocycles. The molecule has 0 bridgehead atoms. The first-order chi connectivity index (χ1) is 18.7. The zero-order chi connectivity index (χ0) is 27.4. The summed E-state index contributed by atoms with van der Waals surface area (Å²) >= 11 is 0. The van der Waals surface area contributed by atoms with Crippen LogP contribution in [0.5, 0.6) is 40.2 Å². The van der Waals surface area contributed by atoms with Crippen molar-refractivity contribution in [2.75, 3.05) is 0 Å². The van der Waals surface area contributed by atoms with Crippen LogP contribution in [0.15, 0.2) is 72.8 Å². The highest BCUT2D eigenvalue weighted by Gasteiger charge is 2.41. The molecule has 2 aliphatic rings. The lowest BCUT2D eigenvalue weighted by atomic mass is 9.78.